The maximum atomic E-state index is 13.3. The third kappa shape index (κ3) is 2.73. The number of para-hydroxylation sites is 1. The molecule has 0 bridgehead atoms. The number of aromatic nitrogens is 3. The summed E-state index contributed by atoms with van der Waals surface area (Å²) in [6.45, 7) is 0. The molecule has 0 radical (unpaired) electrons. The Hall–Kier alpha value is -3.16. The van der Waals surface area contributed by atoms with Crippen LogP contribution in [0.25, 0.3) is 16.9 Å². The van der Waals surface area contributed by atoms with E-state index in [1.807, 2.05) is 0 Å². The highest BCUT2D eigenvalue weighted by Crippen LogP contribution is 2.35. The van der Waals surface area contributed by atoms with Crippen LogP contribution in [0.4, 0.5) is 13.2 Å². The van der Waals surface area contributed by atoms with Gasteiger partial charge >= 0.3 is 12.1 Å². The number of nitrogens with zero attached hydrogens (tertiary/aromatic N) is 3. The Bertz CT molecular complexity index is 889. The van der Waals surface area contributed by atoms with Gasteiger partial charge in [-0.1, -0.05) is 47.7 Å². The highest BCUT2D eigenvalue weighted by Gasteiger charge is 2.35. The molecule has 1 heterocycles. The second kappa shape index (κ2) is 5.80. The Kier molecular flexibility index (Phi) is 3.80. The number of benzene rings is 2. The van der Waals surface area contributed by atoms with Crippen molar-refractivity contribution in [3.05, 3.63) is 65.9 Å². The second-order valence-corrected chi connectivity index (χ2v) is 4.88. The number of carboxylic acids is 1. The summed E-state index contributed by atoms with van der Waals surface area (Å²) in [6.07, 6.45) is -4.61. The Labute approximate surface area is 134 Å². The van der Waals surface area contributed by atoms with Gasteiger partial charge in [-0.05, 0) is 12.1 Å². The number of aromatic carboxylic acids is 1. The average Bonchev–Trinajstić information content (AvgIpc) is 3.00. The summed E-state index contributed by atoms with van der Waals surface area (Å²) in [6, 6.07) is 13.0. The Morgan fingerprint density at radius 3 is 2.25 bits per heavy atom. The molecule has 0 fully saturated rings. The summed E-state index contributed by atoms with van der Waals surface area (Å²) in [7, 11) is 0. The molecule has 0 unspecified atom stereocenters. The number of carbonyl (C=O) groups is 1. The van der Waals surface area contributed by atoms with Crippen molar-refractivity contribution in [2.45, 2.75) is 6.18 Å². The van der Waals surface area contributed by atoms with E-state index in [0.717, 1.165) is 10.7 Å². The fourth-order valence-electron chi connectivity index (χ4n) is 2.35. The predicted octanol–water partition coefficient (Wildman–Crippen LogP) is 3.65. The molecule has 0 amide bonds. The van der Waals surface area contributed by atoms with Gasteiger partial charge in [-0.25, -0.2) is 9.48 Å². The minimum Gasteiger partial charge on any atom is -0.476 e. The maximum absolute atomic E-state index is 13.3. The zero-order valence-corrected chi connectivity index (χ0v) is 12.0. The predicted molar refractivity (Wildman–Crippen MR) is 78.8 cm³/mol. The highest BCUT2D eigenvalue weighted by molar-refractivity contribution is 5.93. The van der Waals surface area contributed by atoms with E-state index in [0.29, 0.717) is 5.56 Å². The molecule has 1 N–H and O–H groups in total. The Morgan fingerprint density at radius 2 is 1.62 bits per heavy atom. The number of carboxylic acid groups (broad SMARTS) is 1. The number of hydrogen-bond donors (Lipinski definition) is 1. The van der Waals surface area contributed by atoms with Crippen molar-refractivity contribution in [3.63, 3.8) is 0 Å². The van der Waals surface area contributed by atoms with Gasteiger partial charge < -0.3 is 5.11 Å². The molecule has 0 aliphatic heterocycles. The van der Waals surface area contributed by atoms with Crippen LogP contribution in [0.3, 0.4) is 0 Å². The molecule has 24 heavy (non-hydrogen) atoms. The van der Waals surface area contributed by atoms with Crippen LogP contribution in [0.15, 0.2) is 54.6 Å². The molecule has 0 spiro atoms. The second-order valence-electron chi connectivity index (χ2n) is 4.88. The van der Waals surface area contributed by atoms with Crippen LogP contribution in [-0.2, 0) is 6.18 Å². The first-order valence-corrected chi connectivity index (χ1v) is 6.80. The van der Waals surface area contributed by atoms with Gasteiger partial charge in [0.05, 0.1) is 11.3 Å². The summed E-state index contributed by atoms with van der Waals surface area (Å²) in [5.41, 5.74) is -1.25. The molecule has 2 aromatic carbocycles. The number of alkyl halides is 3. The SMILES string of the molecule is O=C(O)c1nnn(-c2ccccc2C(F)(F)F)c1-c1ccccc1. The van der Waals surface area contributed by atoms with Gasteiger partial charge in [0.25, 0.3) is 0 Å². The summed E-state index contributed by atoms with van der Waals surface area (Å²) < 4.78 is 40.7. The van der Waals surface area contributed by atoms with Gasteiger partial charge in [-0.2, -0.15) is 13.2 Å². The molecular formula is C16H10F3N3O2. The van der Waals surface area contributed by atoms with Crippen molar-refractivity contribution >= 4 is 5.97 Å². The van der Waals surface area contributed by atoms with Crippen LogP contribution in [-0.4, -0.2) is 26.1 Å². The maximum Gasteiger partial charge on any atom is 0.418 e. The van der Waals surface area contributed by atoms with Crippen LogP contribution in [0.2, 0.25) is 0 Å². The molecule has 3 rings (SSSR count). The van der Waals surface area contributed by atoms with Gasteiger partial charge in [0.15, 0.2) is 5.69 Å². The van der Waals surface area contributed by atoms with Crippen LogP contribution in [0.5, 0.6) is 0 Å². The van der Waals surface area contributed by atoms with Crippen molar-refractivity contribution in [2.75, 3.05) is 0 Å². The van der Waals surface area contributed by atoms with Crippen LogP contribution >= 0.6 is 0 Å². The first kappa shape index (κ1) is 15.7. The lowest BCUT2D eigenvalue weighted by atomic mass is 10.1. The van der Waals surface area contributed by atoms with Gasteiger partial charge in [0.1, 0.15) is 5.69 Å². The standard InChI is InChI=1S/C16H10F3N3O2/c17-16(18,19)11-8-4-5-9-12(11)22-14(10-6-2-1-3-7-10)13(15(23)24)20-21-22/h1-9H,(H,23,24). The van der Waals surface area contributed by atoms with E-state index in [1.54, 1.807) is 30.3 Å². The van der Waals surface area contributed by atoms with Crippen molar-refractivity contribution in [1.29, 1.82) is 0 Å². The molecule has 0 aliphatic rings. The third-order valence-corrected chi connectivity index (χ3v) is 3.36. The first-order valence-electron chi connectivity index (χ1n) is 6.80. The largest absolute Gasteiger partial charge is 0.476 e. The first-order chi connectivity index (χ1) is 11.4. The van der Waals surface area contributed by atoms with E-state index >= 15 is 0 Å². The molecular weight excluding hydrogens is 323 g/mol. The monoisotopic (exact) mass is 333 g/mol. The van der Waals surface area contributed by atoms with E-state index in [2.05, 4.69) is 10.3 Å². The zero-order valence-electron chi connectivity index (χ0n) is 12.0. The highest BCUT2D eigenvalue weighted by atomic mass is 19.4. The molecule has 3 aromatic rings. The Balaban J connectivity index is 2.30. The molecule has 0 atom stereocenters. The lowest BCUT2D eigenvalue weighted by molar-refractivity contribution is -0.137. The van der Waals surface area contributed by atoms with E-state index in [1.165, 1.54) is 18.2 Å². The molecule has 8 heteroatoms. The minimum atomic E-state index is -4.61. The van der Waals surface area contributed by atoms with E-state index in [-0.39, 0.29) is 11.4 Å². The summed E-state index contributed by atoms with van der Waals surface area (Å²) in [5.74, 6) is -1.37. The fraction of sp³-hybridized carbons (Fsp3) is 0.0625. The number of hydrogen-bond acceptors (Lipinski definition) is 3. The molecule has 5 nitrogen and oxygen atoms in total. The van der Waals surface area contributed by atoms with E-state index in [9.17, 15) is 23.1 Å². The summed E-state index contributed by atoms with van der Waals surface area (Å²) in [4.78, 5) is 11.4. The van der Waals surface area contributed by atoms with Crippen molar-refractivity contribution in [3.8, 4) is 16.9 Å². The summed E-state index contributed by atoms with van der Waals surface area (Å²) >= 11 is 0. The van der Waals surface area contributed by atoms with Gasteiger partial charge in [0, 0.05) is 5.56 Å². The topological polar surface area (TPSA) is 68.0 Å². The van der Waals surface area contributed by atoms with Crippen molar-refractivity contribution < 1.29 is 23.1 Å². The van der Waals surface area contributed by atoms with E-state index < -0.39 is 23.4 Å². The lowest BCUT2D eigenvalue weighted by Crippen LogP contribution is -2.12. The van der Waals surface area contributed by atoms with E-state index in [4.69, 9.17) is 0 Å². The lowest BCUT2D eigenvalue weighted by Gasteiger charge is -2.14. The van der Waals surface area contributed by atoms with Crippen molar-refractivity contribution in [2.24, 2.45) is 0 Å². The molecule has 0 saturated carbocycles. The van der Waals surface area contributed by atoms with Gasteiger partial charge in [-0.3, -0.25) is 0 Å². The molecule has 0 aliphatic carbocycles. The number of halogens is 3. The van der Waals surface area contributed by atoms with Crippen molar-refractivity contribution in [1.82, 2.24) is 15.0 Å². The van der Waals surface area contributed by atoms with Crippen LogP contribution in [0, 0.1) is 0 Å². The minimum absolute atomic E-state index is 0.0141. The molecule has 0 saturated heterocycles. The number of rotatable bonds is 3. The third-order valence-electron chi connectivity index (χ3n) is 3.36. The smallest absolute Gasteiger partial charge is 0.418 e. The summed E-state index contributed by atoms with van der Waals surface area (Å²) in [5, 5.41) is 16.5. The fourth-order valence-corrected chi connectivity index (χ4v) is 2.35. The van der Waals surface area contributed by atoms with Gasteiger partial charge in [-0.15, -0.1) is 5.10 Å². The quantitative estimate of drug-likeness (QED) is 0.794. The van der Waals surface area contributed by atoms with Crippen LogP contribution < -0.4 is 0 Å². The van der Waals surface area contributed by atoms with Gasteiger partial charge in [0.2, 0.25) is 0 Å². The van der Waals surface area contributed by atoms with Crippen LogP contribution in [0.1, 0.15) is 16.1 Å². The Morgan fingerprint density at radius 1 is 1.00 bits per heavy atom. The molecule has 1 aromatic heterocycles. The molecule has 122 valence electrons. The zero-order chi connectivity index (χ0) is 17.3. The normalized spacial score (nSPS) is 11.5. The average molecular weight is 333 g/mol.